The summed E-state index contributed by atoms with van der Waals surface area (Å²) in [5.41, 5.74) is 0. The summed E-state index contributed by atoms with van der Waals surface area (Å²) in [6.45, 7) is 1.37. The smallest absolute Gasteiger partial charge is 0.371 e. The van der Waals surface area contributed by atoms with Crippen LogP contribution < -0.4 is 0 Å². The van der Waals surface area contributed by atoms with E-state index in [0.717, 1.165) is 0 Å². The van der Waals surface area contributed by atoms with Crippen LogP contribution in [0.2, 0.25) is 0 Å². The second kappa shape index (κ2) is 4.50. The molecule has 1 aromatic heterocycles. The van der Waals surface area contributed by atoms with E-state index in [-0.39, 0.29) is 17.3 Å². The molecule has 0 bridgehead atoms. The Bertz CT molecular complexity index is 505. The van der Waals surface area contributed by atoms with E-state index in [4.69, 9.17) is 9.52 Å². The molecule has 1 N–H and O–H groups in total. The molecule has 7 heteroatoms. The molecule has 1 saturated heterocycles. The fraction of sp³-hybridized carbons (Fsp3) is 0.500. The third-order valence-electron chi connectivity index (χ3n) is 2.69. The molecular formula is C10H13NO5S. The maximum Gasteiger partial charge on any atom is 0.371 e. The van der Waals surface area contributed by atoms with Crippen molar-refractivity contribution in [1.82, 2.24) is 4.90 Å². The first-order valence-electron chi connectivity index (χ1n) is 5.21. The van der Waals surface area contributed by atoms with Crippen LogP contribution >= 0.6 is 0 Å². The maximum absolute atomic E-state index is 11.2. The summed E-state index contributed by atoms with van der Waals surface area (Å²) < 4.78 is 27.5. The van der Waals surface area contributed by atoms with Crippen LogP contribution in [0.5, 0.6) is 0 Å². The van der Waals surface area contributed by atoms with Crippen LogP contribution in [0.25, 0.3) is 0 Å². The lowest BCUT2D eigenvalue weighted by molar-refractivity contribution is 0.0658. The lowest BCUT2D eigenvalue weighted by Crippen LogP contribution is -2.39. The highest BCUT2D eigenvalue weighted by Crippen LogP contribution is 2.13. The molecule has 0 amide bonds. The van der Waals surface area contributed by atoms with Crippen molar-refractivity contribution in [3.05, 3.63) is 23.7 Å². The summed E-state index contributed by atoms with van der Waals surface area (Å²) in [5.74, 6) is -0.345. The van der Waals surface area contributed by atoms with E-state index in [1.165, 1.54) is 6.07 Å². The molecule has 17 heavy (non-hydrogen) atoms. The SMILES string of the molecule is O=C(O)c1ccc(CN2CCS(=O)(=O)CC2)o1. The van der Waals surface area contributed by atoms with Crippen molar-refractivity contribution < 1.29 is 22.7 Å². The van der Waals surface area contributed by atoms with Crippen LogP contribution in [0, 0.1) is 0 Å². The Balaban J connectivity index is 1.95. The lowest BCUT2D eigenvalue weighted by Gasteiger charge is -2.25. The van der Waals surface area contributed by atoms with Crippen LogP contribution in [0.3, 0.4) is 0 Å². The van der Waals surface area contributed by atoms with Crippen LogP contribution in [0.15, 0.2) is 16.5 Å². The second-order valence-electron chi connectivity index (χ2n) is 4.00. The van der Waals surface area contributed by atoms with Crippen molar-refractivity contribution >= 4 is 15.8 Å². The van der Waals surface area contributed by atoms with Gasteiger partial charge in [-0.3, -0.25) is 4.90 Å². The third-order valence-corrected chi connectivity index (χ3v) is 4.30. The number of nitrogens with zero attached hydrogens (tertiary/aromatic N) is 1. The van der Waals surface area contributed by atoms with Crippen LogP contribution in [-0.4, -0.2) is 49.0 Å². The van der Waals surface area contributed by atoms with Gasteiger partial charge < -0.3 is 9.52 Å². The molecule has 0 atom stereocenters. The Morgan fingerprint density at radius 1 is 1.35 bits per heavy atom. The lowest BCUT2D eigenvalue weighted by atomic mass is 10.4. The van der Waals surface area contributed by atoms with Gasteiger partial charge in [0, 0.05) is 13.1 Å². The first-order chi connectivity index (χ1) is 7.96. The number of furan rings is 1. The molecule has 2 heterocycles. The average Bonchev–Trinajstić information content (AvgIpc) is 2.70. The zero-order valence-electron chi connectivity index (χ0n) is 9.13. The predicted molar refractivity (Wildman–Crippen MR) is 59.6 cm³/mol. The van der Waals surface area contributed by atoms with E-state index < -0.39 is 15.8 Å². The van der Waals surface area contributed by atoms with E-state index in [1.54, 1.807) is 6.07 Å². The summed E-state index contributed by atoms with van der Waals surface area (Å²) in [5, 5.41) is 8.69. The quantitative estimate of drug-likeness (QED) is 0.834. The van der Waals surface area contributed by atoms with Crippen LogP contribution in [-0.2, 0) is 16.4 Å². The van der Waals surface area contributed by atoms with Gasteiger partial charge in [-0.2, -0.15) is 0 Å². The van der Waals surface area contributed by atoms with Crippen molar-refractivity contribution in [3.63, 3.8) is 0 Å². The van der Waals surface area contributed by atoms with Gasteiger partial charge in [-0.25, -0.2) is 13.2 Å². The normalized spacial score (nSPS) is 20.2. The number of carbonyl (C=O) groups is 1. The molecular weight excluding hydrogens is 246 g/mol. The van der Waals surface area contributed by atoms with Crippen molar-refractivity contribution in [2.75, 3.05) is 24.6 Å². The van der Waals surface area contributed by atoms with E-state index in [2.05, 4.69) is 0 Å². The summed E-state index contributed by atoms with van der Waals surface area (Å²) >= 11 is 0. The molecule has 94 valence electrons. The molecule has 0 radical (unpaired) electrons. The number of hydrogen-bond donors (Lipinski definition) is 1. The topological polar surface area (TPSA) is 87.8 Å². The summed E-state index contributed by atoms with van der Waals surface area (Å²) in [4.78, 5) is 12.5. The summed E-state index contributed by atoms with van der Waals surface area (Å²) in [6, 6.07) is 3.00. The zero-order chi connectivity index (χ0) is 12.5. The fourth-order valence-corrected chi connectivity index (χ4v) is 2.98. The monoisotopic (exact) mass is 259 g/mol. The second-order valence-corrected chi connectivity index (χ2v) is 6.30. The molecule has 0 aliphatic carbocycles. The Kier molecular flexibility index (Phi) is 3.21. The number of rotatable bonds is 3. The Labute approximate surface area is 98.8 Å². The molecule has 1 aliphatic rings. The molecule has 2 rings (SSSR count). The van der Waals surface area contributed by atoms with Crippen molar-refractivity contribution in [3.8, 4) is 0 Å². The molecule has 0 saturated carbocycles. The van der Waals surface area contributed by atoms with Crippen molar-refractivity contribution in [1.29, 1.82) is 0 Å². The van der Waals surface area contributed by atoms with Gasteiger partial charge in [0.15, 0.2) is 9.84 Å². The van der Waals surface area contributed by atoms with Gasteiger partial charge in [0.25, 0.3) is 0 Å². The average molecular weight is 259 g/mol. The van der Waals surface area contributed by atoms with E-state index in [1.807, 2.05) is 4.90 Å². The number of sulfone groups is 1. The molecule has 0 spiro atoms. The van der Waals surface area contributed by atoms with Gasteiger partial charge >= 0.3 is 5.97 Å². The van der Waals surface area contributed by atoms with E-state index in [0.29, 0.717) is 25.4 Å². The van der Waals surface area contributed by atoms with Gasteiger partial charge in [-0.1, -0.05) is 0 Å². The largest absolute Gasteiger partial charge is 0.475 e. The van der Waals surface area contributed by atoms with Gasteiger partial charge in [0.1, 0.15) is 5.76 Å². The molecule has 0 aromatic carbocycles. The van der Waals surface area contributed by atoms with Crippen molar-refractivity contribution in [2.24, 2.45) is 0 Å². The molecule has 6 nitrogen and oxygen atoms in total. The van der Waals surface area contributed by atoms with Crippen molar-refractivity contribution in [2.45, 2.75) is 6.54 Å². The highest BCUT2D eigenvalue weighted by molar-refractivity contribution is 7.91. The van der Waals surface area contributed by atoms with Gasteiger partial charge in [0.2, 0.25) is 5.76 Å². The highest BCUT2D eigenvalue weighted by atomic mass is 32.2. The molecule has 0 unspecified atom stereocenters. The van der Waals surface area contributed by atoms with Gasteiger partial charge in [0.05, 0.1) is 18.1 Å². The minimum atomic E-state index is -2.88. The third kappa shape index (κ3) is 3.07. The van der Waals surface area contributed by atoms with E-state index >= 15 is 0 Å². The summed E-state index contributed by atoms with van der Waals surface area (Å²) in [7, 11) is -2.88. The molecule has 1 aliphatic heterocycles. The Morgan fingerprint density at radius 2 is 2.00 bits per heavy atom. The highest BCUT2D eigenvalue weighted by Gasteiger charge is 2.22. The zero-order valence-corrected chi connectivity index (χ0v) is 9.94. The number of carboxylic acid groups (broad SMARTS) is 1. The number of aromatic carboxylic acids is 1. The first kappa shape index (κ1) is 12.1. The van der Waals surface area contributed by atoms with Crippen LogP contribution in [0.1, 0.15) is 16.3 Å². The Morgan fingerprint density at radius 3 is 2.53 bits per heavy atom. The Hall–Kier alpha value is -1.34. The fourth-order valence-electron chi connectivity index (χ4n) is 1.71. The standard InChI is InChI=1S/C10H13NO5S/c12-10(13)9-2-1-8(16-9)7-11-3-5-17(14,15)6-4-11/h1-2H,3-7H2,(H,12,13). The summed E-state index contributed by atoms with van der Waals surface area (Å²) in [6.07, 6.45) is 0. The van der Waals surface area contributed by atoms with Crippen LogP contribution in [0.4, 0.5) is 0 Å². The minimum absolute atomic E-state index is 0.0929. The molecule has 1 fully saturated rings. The van der Waals surface area contributed by atoms with E-state index in [9.17, 15) is 13.2 Å². The predicted octanol–water partition coefficient (Wildman–Crippen LogP) is 0.208. The number of hydrogen-bond acceptors (Lipinski definition) is 5. The minimum Gasteiger partial charge on any atom is -0.475 e. The van der Waals surface area contributed by atoms with Gasteiger partial charge in [-0.05, 0) is 12.1 Å². The van der Waals surface area contributed by atoms with Gasteiger partial charge in [-0.15, -0.1) is 0 Å². The maximum atomic E-state index is 11.2. The number of carboxylic acids is 1. The molecule has 1 aromatic rings. The first-order valence-corrected chi connectivity index (χ1v) is 7.03.